The van der Waals surface area contributed by atoms with E-state index in [0.717, 1.165) is 7.11 Å². The summed E-state index contributed by atoms with van der Waals surface area (Å²) in [6.07, 6.45) is -10.4. The lowest BCUT2D eigenvalue weighted by atomic mass is 10.2. The molecule has 0 spiro atoms. The zero-order valence-corrected chi connectivity index (χ0v) is 9.09. The Morgan fingerprint density at radius 3 is 2.16 bits per heavy atom. The van der Waals surface area contributed by atoms with Crippen LogP contribution in [0.5, 0.6) is 11.6 Å². The van der Waals surface area contributed by atoms with Crippen molar-refractivity contribution in [1.82, 2.24) is 4.98 Å². The molecular weight excluding hydrogens is 284 g/mol. The summed E-state index contributed by atoms with van der Waals surface area (Å²) in [6.45, 7) is 0. The quantitative estimate of drug-likeness (QED) is 0.634. The van der Waals surface area contributed by atoms with Gasteiger partial charge in [-0.2, -0.15) is 13.2 Å². The molecule has 1 heterocycles. The Hall–Kier alpha value is -2.00. The van der Waals surface area contributed by atoms with E-state index in [4.69, 9.17) is 0 Å². The van der Waals surface area contributed by atoms with Crippen molar-refractivity contribution < 1.29 is 40.6 Å². The summed E-state index contributed by atoms with van der Waals surface area (Å²) in [5.41, 5.74) is -2.54. The Labute approximate surface area is 101 Å². The Bertz CT molecular complexity index is 482. The second-order valence-corrected chi connectivity index (χ2v) is 3.10. The first-order chi connectivity index (χ1) is 8.58. The van der Waals surface area contributed by atoms with E-state index in [1.54, 1.807) is 0 Å². The van der Waals surface area contributed by atoms with Gasteiger partial charge in [-0.05, 0) is 6.07 Å². The summed E-state index contributed by atoms with van der Waals surface area (Å²) in [6, 6.07) is 0.136. The molecule has 0 radical (unpaired) electrons. The molecule has 0 aliphatic carbocycles. The number of aromatic nitrogens is 1. The molecule has 1 aromatic heterocycles. The van der Waals surface area contributed by atoms with Crippen molar-refractivity contribution in [2.24, 2.45) is 0 Å². The molecule has 1 rings (SSSR count). The van der Waals surface area contributed by atoms with Crippen molar-refractivity contribution >= 4 is 6.29 Å². The average Bonchev–Trinajstić information content (AvgIpc) is 2.25. The zero-order valence-electron chi connectivity index (χ0n) is 9.09. The van der Waals surface area contributed by atoms with E-state index < -0.39 is 35.4 Å². The summed E-state index contributed by atoms with van der Waals surface area (Å²) in [7, 11) is 0.792. The van der Waals surface area contributed by atoms with Crippen molar-refractivity contribution in [3.63, 3.8) is 0 Å². The van der Waals surface area contributed by atoms with Gasteiger partial charge >= 0.3 is 12.5 Å². The number of alkyl halides is 6. The summed E-state index contributed by atoms with van der Waals surface area (Å²) < 4.78 is 81.1. The van der Waals surface area contributed by atoms with Crippen molar-refractivity contribution in [2.75, 3.05) is 7.11 Å². The second kappa shape index (κ2) is 4.94. The van der Waals surface area contributed by atoms with Crippen LogP contribution < -0.4 is 9.47 Å². The van der Waals surface area contributed by atoms with E-state index in [0.29, 0.717) is 0 Å². The van der Waals surface area contributed by atoms with Crippen LogP contribution in [0.15, 0.2) is 6.07 Å². The summed E-state index contributed by atoms with van der Waals surface area (Å²) in [5, 5.41) is 0. The van der Waals surface area contributed by atoms with Crippen LogP contribution in [0.25, 0.3) is 0 Å². The molecule has 0 atom stereocenters. The Kier molecular flexibility index (Phi) is 3.91. The van der Waals surface area contributed by atoms with Crippen LogP contribution in [0.2, 0.25) is 0 Å². The highest BCUT2D eigenvalue weighted by Gasteiger charge is 2.38. The van der Waals surface area contributed by atoms with Crippen molar-refractivity contribution in [2.45, 2.75) is 12.5 Å². The molecule has 0 aromatic carbocycles. The van der Waals surface area contributed by atoms with E-state index in [9.17, 15) is 31.1 Å². The summed E-state index contributed by atoms with van der Waals surface area (Å²) >= 11 is 0. The molecule has 0 saturated heterocycles. The van der Waals surface area contributed by atoms with Gasteiger partial charge in [0.1, 0.15) is 5.69 Å². The van der Waals surface area contributed by atoms with Gasteiger partial charge in [0.25, 0.3) is 5.88 Å². The normalized spacial score (nSPS) is 12.2. The number of hydrogen-bond acceptors (Lipinski definition) is 4. The topological polar surface area (TPSA) is 48.4 Å². The monoisotopic (exact) mass is 289 g/mol. The van der Waals surface area contributed by atoms with Crippen LogP contribution in [-0.4, -0.2) is 24.7 Å². The van der Waals surface area contributed by atoms with Crippen LogP contribution in [0.1, 0.15) is 16.1 Å². The number of pyridine rings is 1. The second-order valence-electron chi connectivity index (χ2n) is 3.10. The number of methoxy groups -OCH3 is 1. The Morgan fingerprint density at radius 1 is 1.21 bits per heavy atom. The molecule has 0 bridgehead atoms. The fraction of sp³-hybridized carbons (Fsp3) is 0.333. The molecule has 1 aromatic rings. The van der Waals surface area contributed by atoms with Crippen molar-refractivity contribution in [3.05, 3.63) is 17.3 Å². The van der Waals surface area contributed by atoms with Gasteiger partial charge in [-0.15, -0.1) is 13.2 Å². The molecule has 10 heteroatoms. The van der Waals surface area contributed by atoms with Gasteiger partial charge in [-0.25, -0.2) is 4.98 Å². The Balaban J connectivity index is 3.42. The molecule has 0 aliphatic heterocycles. The molecular formula is C9H5F6NO3. The number of carbonyl (C=O) groups is 1. The van der Waals surface area contributed by atoms with Crippen molar-refractivity contribution in [1.29, 1.82) is 0 Å². The largest absolute Gasteiger partial charge is 0.573 e. The van der Waals surface area contributed by atoms with Gasteiger partial charge < -0.3 is 9.47 Å². The highest BCUT2D eigenvalue weighted by atomic mass is 19.4. The van der Waals surface area contributed by atoms with E-state index in [1.165, 1.54) is 0 Å². The maximum Gasteiger partial charge on any atom is 0.573 e. The predicted molar refractivity (Wildman–Crippen MR) is 47.9 cm³/mol. The average molecular weight is 289 g/mol. The third-order valence-electron chi connectivity index (χ3n) is 1.80. The number of rotatable bonds is 3. The first-order valence-corrected chi connectivity index (χ1v) is 4.45. The lowest BCUT2D eigenvalue weighted by molar-refractivity contribution is -0.275. The number of hydrogen-bond donors (Lipinski definition) is 0. The van der Waals surface area contributed by atoms with E-state index >= 15 is 0 Å². The lowest BCUT2D eigenvalue weighted by Gasteiger charge is -2.15. The van der Waals surface area contributed by atoms with E-state index in [-0.39, 0.29) is 12.4 Å². The summed E-state index contributed by atoms with van der Waals surface area (Å²) in [5.74, 6) is -2.31. The van der Waals surface area contributed by atoms with Crippen LogP contribution in [0.4, 0.5) is 26.3 Å². The van der Waals surface area contributed by atoms with Gasteiger partial charge in [0.15, 0.2) is 6.29 Å². The minimum atomic E-state index is -5.20. The van der Waals surface area contributed by atoms with Gasteiger partial charge in [0, 0.05) is 0 Å². The molecule has 0 amide bonds. The highest BCUT2D eigenvalue weighted by molar-refractivity contribution is 5.81. The maximum absolute atomic E-state index is 12.4. The molecule has 0 aliphatic rings. The lowest BCUT2D eigenvalue weighted by Crippen LogP contribution is -2.20. The zero-order chi connectivity index (χ0) is 14.8. The van der Waals surface area contributed by atoms with Crippen LogP contribution in [0, 0.1) is 0 Å². The number of carbonyl (C=O) groups excluding carboxylic acids is 1. The van der Waals surface area contributed by atoms with Gasteiger partial charge in [0.2, 0.25) is 5.75 Å². The van der Waals surface area contributed by atoms with Crippen LogP contribution in [0.3, 0.4) is 0 Å². The van der Waals surface area contributed by atoms with E-state index in [1.807, 2.05) is 0 Å². The smallest absolute Gasteiger partial charge is 0.478 e. The van der Waals surface area contributed by atoms with Crippen LogP contribution in [-0.2, 0) is 6.18 Å². The Morgan fingerprint density at radius 2 is 1.79 bits per heavy atom. The SMILES string of the molecule is COc1nc(C(F)(F)F)cc(C=O)c1OC(F)(F)F. The number of nitrogens with zero attached hydrogens (tertiary/aromatic N) is 1. The standard InChI is InChI=1S/C9H5F6NO3/c1-18-7-6(19-9(13,14)15)4(3-17)2-5(16-7)8(10,11)12/h2-3H,1H3. The molecule has 0 unspecified atom stereocenters. The third-order valence-corrected chi connectivity index (χ3v) is 1.80. The molecule has 0 saturated carbocycles. The minimum absolute atomic E-state index is 0.136. The van der Waals surface area contributed by atoms with Crippen molar-refractivity contribution in [3.8, 4) is 11.6 Å². The van der Waals surface area contributed by atoms with Gasteiger partial charge in [-0.1, -0.05) is 0 Å². The number of halogens is 6. The highest BCUT2D eigenvalue weighted by Crippen LogP contribution is 2.37. The number of aldehydes is 1. The molecule has 4 nitrogen and oxygen atoms in total. The molecule has 19 heavy (non-hydrogen) atoms. The molecule has 0 fully saturated rings. The first kappa shape index (κ1) is 15.1. The molecule has 0 N–H and O–H groups in total. The maximum atomic E-state index is 12.4. The first-order valence-electron chi connectivity index (χ1n) is 4.45. The predicted octanol–water partition coefficient (Wildman–Crippen LogP) is 2.82. The number of ether oxygens (including phenoxy) is 2. The fourth-order valence-corrected chi connectivity index (χ4v) is 1.12. The van der Waals surface area contributed by atoms with Gasteiger partial charge in [-0.3, -0.25) is 4.79 Å². The summed E-state index contributed by atoms with van der Waals surface area (Å²) in [4.78, 5) is 13.4. The van der Waals surface area contributed by atoms with Crippen LogP contribution >= 0.6 is 0 Å². The van der Waals surface area contributed by atoms with Gasteiger partial charge in [0.05, 0.1) is 12.7 Å². The third kappa shape index (κ3) is 3.73. The van der Waals surface area contributed by atoms with E-state index in [2.05, 4.69) is 14.5 Å². The fourth-order valence-electron chi connectivity index (χ4n) is 1.12. The minimum Gasteiger partial charge on any atom is -0.478 e. The molecule has 106 valence electrons.